The number of carbonyl (C=O) groups excluding carboxylic acids is 2. The van der Waals surface area contributed by atoms with Crippen LogP contribution in [0.5, 0.6) is 0 Å². The van der Waals surface area contributed by atoms with Crippen molar-refractivity contribution < 1.29 is 22.8 Å². The predicted molar refractivity (Wildman–Crippen MR) is 124 cm³/mol. The third-order valence-corrected chi connectivity index (χ3v) is 5.78. The summed E-state index contributed by atoms with van der Waals surface area (Å²) in [5.74, 6) is -0.373. The number of benzene rings is 1. The minimum atomic E-state index is -4.55. The third kappa shape index (κ3) is 5.73. The lowest BCUT2D eigenvalue weighted by Crippen LogP contribution is -2.20. The molecular weight excluding hydrogens is 461 g/mol. The topological polar surface area (TPSA) is 100 Å². The van der Waals surface area contributed by atoms with Crippen LogP contribution in [0.4, 0.5) is 30.5 Å². The van der Waals surface area contributed by atoms with Gasteiger partial charge in [-0.2, -0.15) is 13.2 Å². The zero-order valence-corrected chi connectivity index (χ0v) is 19.1. The van der Waals surface area contributed by atoms with Gasteiger partial charge in [0.05, 0.1) is 35.5 Å². The number of nitrogens with one attached hydrogen (secondary N) is 2. The number of alkyl halides is 3. The number of hydrogen-bond donors (Lipinski definition) is 2. The molecule has 11 heteroatoms. The van der Waals surface area contributed by atoms with Crippen molar-refractivity contribution in [2.45, 2.75) is 32.4 Å². The molecule has 2 aromatic heterocycles. The van der Waals surface area contributed by atoms with Gasteiger partial charge in [-0.3, -0.25) is 19.9 Å². The van der Waals surface area contributed by atoms with Crippen LogP contribution in [0.3, 0.4) is 0 Å². The lowest BCUT2D eigenvalue weighted by molar-refractivity contribution is -0.137. The minimum absolute atomic E-state index is 0.0262. The second kappa shape index (κ2) is 9.69. The zero-order chi connectivity index (χ0) is 25.2. The van der Waals surface area contributed by atoms with E-state index in [1.54, 1.807) is 24.5 Å². The first-order chi connectivity index (χ1) is 16.6. The Hall–Kier alpha value is -4.02. The Bertz CT molecular complexity index is 1250. The number of anilines is 3. The van der Waals surface area contributed by atoms with E-state index in [1.807, 2.05) is 13.0 Å². The van der Waals surface area contributed by atoms with Crippen LogP contribution in [-0.4, -0.2) is 39.9 Å². The van der Waals surface area contributed by atoms with Gasteiger partial charge in [0, 0.05) is 37.7 Å². The van der Waals surface area contributed by atoms with Crippen LogP contribution < -0.4 is 15.5 Å². The monoisotopic (exact) mass is 484 g/mol. The van der Waals surface area contributed by atoms with Gasteiger partial charge in [0.1, 0.15) is 0 Å². The Labute approximate surface area is 199 Å². The van der Waals surface area contributed by atoms with Crippen LogP contribution in [0, 0.1) is 6.92 Å². The highest BCUT2D eigenvalue weighted by Gasteiger charge is 2.31. The number of aryl methyl sites for hydroxylation is 1. The summed E-state index contributed by atoms with van der Waals surface area (Å²) in [5.41, 5.74) is 2.24. The Morgan fingerprint density at radius 3 is 2.49 bits per heavy atom. The molecule has 0 bridgehead atoms. The summed E-state index contributed by atoms with van der Waals surface area (Å²) >= 11 is 0. The van der Waals surface area contributed by atoms with Gasteiger partial charge < -0.3 is 10.2 Å². The second-order valence-electron chi connectivity index (χ2n) is 8.36. The first-order valence-electron chi connectivity index (χ1n) is 10.9. The van der Waals surface area contributed by atoms with Crippen LogP contribution in [-0.2, 0) is 11.0 Å². The number of amides is 2. The molecule has 0 spiro atoms. The Morgan fingerprint density at radius 1 is 1.06 bits per heavy atom. The van der Waals surface area contributed by atoms with E-state index < -0.39 is 17.6 Å². The van der Waals surface area contributed by atoms with E-state index >= 15 is 0 Å². The molecule has 182 valence electrons. The number of halogens is 3. The van der Waals surface area contributed by atoms with Gasteiger partial charge in [0.15, 0.2) is 0 Å². The zero-order valence-electron chi connectivity index (χ0n) is 19.1. The molecule has 1 fully saturated rings. The van der Waals surface area contributed by atoms with Gasteiger partial charge in [-0.1, -0.05) is 6.07 Å². The molecule has 0 saturated carbocycles. The highest BCUT2D eigenvalue weighted by atomic mass is 19.4. The SMILES string of the molecule is CC(=O)Nc1ncc(N2CC[C@@H](c3cc(C(=O)Nc4cncc(C(F)(F)F)c4)ccc3C)C2)cn1. The molecule has 1 aromatic carbocycles. The van der Waals surface area contributed by atoms with E-state index in [-0.39, 0.29) is 23.5 Å². The van der Waals surface area contributed by atoms with Crippen molar-refractivity contribution in [2.24, 2.45) is 0 Å². The van der Waals surface area contributed by atoms with Crippen molar-refractivity contribution in [2.75, 3.05) is 28.6 Å². The number of aromatic nitrogens is 3. The van der Waals surface area contributed by atoms with Gasteiger partial charge in [-0.25, -0.2) is 9.97 Å². The summed E-state index contributed by atoms with van der Waals surface area (Å²) in [7, 11) is 0. The fraction of sp³-hybridized carbons (Fsp3) is 0.292. The van der Waals surface area contributed by atoms with Crippen molar-refractivity contribution in [1.82, 2.24) is 15.0 Å². The summed E-state index contributed by atoms with van der Waals surface area (Å²) in [6, 6.07) is 6.13. The van der Waals surface area contributed by atoms with E-state index in [1.165, 1.54) is 13.1 Å². The largest absolute Gasteiger partial charge is 0.417 e. The number of hydrogen-bond acceptors (Lipinski definition) is 6. The van der Waals surface area contributed by atoms with Gasteiger partial charge in [-0.15, -0.1) is 0 Å². The highest BCUT2D eigenvalue weighted by molar-refractivity contribution is 6.04. The predicted octanol–water partition coefficient (Wildman–Crippen LogP) is 4.40. The Balaban J connectivity index is 1.47. The fourth-order valence-corrected chi connectivity index (χ4v) is 4.04. The molecular formula is C24H23F3N6O2. The average Bonchev–Trinajstić information content (AvgIpc) is 3.29. The molecule has 0 unspecified atom stereocenters. The van der Waals surface area contributed by atoms with Gasteiger partial charge in [0.2, 0.25) is 11.9 Å². The highest BCUT2D eigenvalue weighted by Crippen LogP contribution is 2.33. The number of rotatable bonds is 5. The molecule has 3 aromatic rings. The lowest BCUT2D eigenvalue weighted by Gasteiger charge is -2.19. The Kier molecular flexibility index (Phi) is 6.68. The quantitative estimate of drug-likeness (QED) is 0.557. The van der Waals surface area contributed by atoms with Crippen molar-refractivity contribution in [3.63, 3.8) is 0 Å². The minimum Gasteiger partial charge on any atom is -0.368 e. The van der Waals surface area contributed by atoms with Gasteiger partial charge in [-0.05, 0) is 42.7 Å². The smallest absolute Gasteiger partial charge is 0.368 e. The van der Waals surface area contributed by atoms with Crippen LogP contribution in [0.1, 0.15) is 46.3 Å². The van der Waals surface area contributed by atoms with Gasteiger partial charge in [0.25, 0.3) is 5.91 Å². The Morgan fingerprint density at radius 2 is 1.80 bits per heavy atom. The van der Waals surface area contributed by atoms with E-state index in [9.17, 15) is 22.8 Å². The molecule has 0 aliphatic carbocycles. The van der Waals surface area contributed by atoms with E-state index in [2.05, 4.69) is 30.5 Å². The molecule has 1 aliphatic heterocycles. The average molecular weight is 484 g/mol. The molecule has 2 amide bonds. The summed E-state index contributed by atoms with van der Waals surface area (Å²) in [6.45, 7) is 4.79. The third-order valence-electron chi connectivity index (χ3n) is 5.78. The standard InChI is InChI=1S/C24H23F3N6O2/c1-14-3-4-16(22(35)32-19-8-18(9-28-10-19)24(25,26)27)7-21(14)17-5-6-33(13-17)20-11-29-23(30-12-20)31-15(2)34/h3-4,7-12,17H,5-6,13H2,1-2H3,(H,32,35)(H,29,30,31,34)/t17-/m1/s1. The van der Waals surface area contributed by atoms with Crippen molar-refractivity contribution in [1.29, 1.82) is 0 Å². The number of nitrogens with zero attached hydrogens (tertiary/aromatic N) is 4. The molecule has 1 aliphatic rings. The van der Waals surface area contributed by atoms with Crippen molar-refractivity contribution >= 4 is 29.1 Å². The molecule has 4 rings (SSSR count). The van der Waals surface area contributed by atoms with Crippen molar-refractivity contribution in [3.05, 3.63) is 71.3 Å². The van der Waals surface area contributed by atoms with E-state index in [0.29, 0.717) is 18.3 Å². The maximum absolute atomic E-state index is 12.9. The maximum atomic E-state index is 12.9. The van der Waals surface area contributed by atoms with Crippen LogP contribution >= 0.6 is 0 Å². The molecule has 1 atom stereocenters. The molecule has 3 heterocycles. The number of carbonyl (C=O) groups is 2. The summed E-state index contributed by atoms with van der Waals surface area (Å²) < 4.78 is 38.8. The van der Waals surface area contributed by atoms with Crippen LogP contribution in [0.2, 0.25) is 0 Å². The summed E-state index contributed by atoms with van der Waals surface area (Å²) in [6.07, 6.45) is 1.49. The number of pyridine rings is 1. The normalized spacial score (nSPS) is 15.7. The van der Waals surface area contributed by atoms with Crippen LogP contribution in [0.15, 0.2) is 49.1 Å². The molecule has 8 nitrogen and oxygen atoms in total. The molecule has 1 saturated heterocycles. The van der Waals surface area contributed by atoms with Crippen molar-refractivity contribution in [3.8, 4) is 0 Å². The molecule has 0 radical (unpaired) electrons. The summed E-state index contributed by atoms with van der Waals surface area (Å²) in [5, 5.41) is 5.04. The van der Waals surface area contributed by atoms with E-state index in [4.69, 9.17) is 0 Å². The molecule has 2 N–H and O–H groups in total. The maximum Gasteiger partial charge on any atom is 0.417 e. The van der Waals surface area contributed by atoms with Gasteiger partial charge >= 0.3 is 6.18 Å². The lowest BCUT2D eigenvalue weighted by atomic mass is 9.92. The first-order valence-corrected chi connectivity index (χ1v) is 10.9. The second-order valence-corrected chi connectivity index (χ2v) is 8.36. The molecule has 35 heavy (non-hydrogen) atoms. The summed E-state index contributed by atoms with van der Waals surface area (Å²) in [4.78, 5) is 37.9. The fourth-order valence-electron chi connectivity index (χ4n) is 4.04. The first kappa shape index (κ1) is 24.1. The van der Waals surface area contributed by atoms with Crippen LogP contribution in [0.25, 0.3) is 0 Å². The van der Waals surface area contributed by atoms with E-state index in [0.717, 1.165) is 35.8 Å².